The molecule has 2 aromatic carbocycles. The van der Waals surface area contributed by atoms with E-state index in [0.29, 0.717) is 58.6 Å². The number of aromatic nitrogens is 8. The Morgan fingerprint density at radius 3 is 1.54 bits per heavy atom. The maximum atomic E-state index is 12.0. The molecule has 2 aliphatic carbocycles. The minimum atomic E-state index is -3.37. The van der Waals surface area contributed by atoms with Gasteiger partial charge in [-0.1, -0.05) is 31.9 Å². The molecule has 2 saturated carbocycles. The van der Waals surface area contributed by atoms with E-state index in [1.165, 1.54) is 23.0 Å². The number of benzene rings is 2. The van der Waals surface area contributed by atoms with Gasteiger partial charge in [-0.2, -0.15) is 18.4 Å². The van der Waals surface area contributed by atoms with Crippen molar-refractivity contribution in [3.8, 4) is 23.3 Å². The zero-order valence-corrected chi connectivity index (χ0v) is 54.5. The van der Waals surface area contributed by atoms with Crippen LogP contribution in [0.3, 0.4) is 0 Å². The fourth-order valence-corrected chi connectivity index (χ4v) is 8.57. The van der Waals surface area contributed by atoms with Crippen LogP contribution in [-0.2, 0) is 38.1 Å². The van der Waals surface area contributed by atoms with Gasteiger partial charge >= 0.3 is 138 Å². The Morgan fingerprint density at radius 2 is 1.10 bits per heavy atom. The fourth-order valence-electron chi connectivity index (χ4n) is 7.02. The van der Waals surface area contributed by atoms with E-state index in [-0.39, 0.29) is 187 Å². The van der Waals surface area contributed by atoms with Crippen molar-refractivity contribution in [1.82, 2.24) is 39.0 Å². The van der Waals surface area contributed by atoms with Crippen molar-refractivity contribution in [2.75, 3.05) is 6.26 Å². The van der Waals surface area contributed by atoms with Crippen molar-refractivity contribution in [1.29, 1.82) is 0 Å². The van der Waals surface area contributed by atoms with Gasteiger partial charge in [0.2, 0.25) is 11.8 Å². The predicted octanol–water partition coefficient (Wildman–Crippen LogP) is -1.03. The fraction of sp³-hybridized carbons (Fsp3) is 0.405. The molecule has 2 fully saturated rings. The Balaban J connectivity index is 0.000000347. The molecule has 0 atom stereocenters. The number of fused-ring (bicyclic) bond motifs is 2. The van der Waals surface area contributed by atoms with E-state index in [4.69, 9.17) is 28.4 Å². The van der Waals surface area contributed by atoms with E-state index in [0.717, 1.165) is 59.2 Å². The Kier molecular flexibility index (Phi) is 26.0. The minimum Gasteiger partial charge on any atom is -1.00 e. The van der Waals surface area contributed by atoms with Crippen LogP contribution in [-0.4, -0.2) is 89.7 Å². The van der Waals surface area contributed by atoms with Crippen LogP contribution < -0.4 is 168 Å². The summed E-state index contributed by atoms with van der Waals surface area (Å²) in [5.74, 6) is 3.28. The smallest absolute Gasteiger partial charge is 1.00 e. The van der Waals surface area contributed by atoms with Crippen molar-refractivity contribution >= 4 is 70.5 Å². The number of hydrogen-bond acceptors (Lipinski definition) is 18. The van der Waals surface area contributed by atoms with E-state index in [9.17, 15) is 23.1 Å². The number of nitrogens with zero attached hydrogens (tertiary/aromatic N) is 8. The van der Waals surface area contributed by atoms with Crippen LogP contribution >= 0.6 is 31.9 Å². The largest absolute Gasteiger partial charge is 1.00 e. The quantitative estimate of drug-likeness (QED) is 0.0786. The molecule has 0 saturated heterocycles. The molecule has 20 nitrogen and oxygen atoms in total. The summed E-state index contributed by atoms with van der Waals surface area (Å²) in [6, 6.07) is 10.6. The van der Waals surface area contributed by atoms with E-state index in [1.807, 2.05) is 26.0 Å². The zero-order valence-electron chi connectivity index (χ0n) is 39.0. The Labute approximate surface area is 522 Å². The monoisotopic (exact) mass is 1310 g/mol. The van der Waals surface area contributed by atoms with E-state index in [2.05, 4.69) is 66.7 Å². The van der Waals surface area contributed by atoms with Gasteiger partial charge in [-0.3, -0.25) is 18.6 Å². The summed E-state index contributed by atoms with van der Waals surface area (Å²) in [5, 5.41) is 18.1. The van der Waals surface area contributed by atoms with Crippen LogP contribution in [0.25, 0.3) is 22.1 Å². The van der Waals surface area contributed by atoms with Gasteiger partial charge < -0.3 is 40.0 Å². The average molecular weight is 1310 g/mol. The first-order chi connectivity index (χ1) is 30.9. The third kappa shape index (κ3) is 19.2. The molecule has 0 unspecified atom stereocenters. The van der Waals surface area contributed by atoms with Crippen molar-refractivity contribution in [2.24, 2.45) is 14.1 Å². The first-order valence-electron chi connectivity index (χ1n) is 20.1. The second-order valence-corrected chi connectivity index (χ2v) is 18.3. The summed E-state index contributed by atoms with van der Waals surface area (Å²) < 4.78 is 49.7. The molecule has 0 aliphatic heterocycles. The van der Waals surface area contributed by atoms with Crippen molar-refractivity contribution in [2.45, 2.75) is 89.6 Å². The minimum absolute atomic E-state index is 0. The van der Waals surface area contributed by atoms with Crippen molar-refractivity contribution < 1.29 is 186 Å². The molecule has 25 heteroatoms. The number of phenolic OH excluding ortho intramolecular Hbond substituents is 1. The molecule has 6 aromatic rings. The first kappa shape index (κ1) is 59.8. The summed E-state index contributed by atoms with van der Waals surface area (Å²) >= 11 is 6.74. The SMILES string of the molecule is Cc1nccc(OC2CCC(OS(C)(=O)=O)CC2)n1.Cc1nccc(OC2CCC(Oc3cc(Br)cc4ncc(=O)n(C)c34)CC2)n1.Cn1c(=O)cnc2cc(Br)cc(O)c21.O=CO[O-].[Cs+].[Cs+].[H-]. The van der Waals surface area contributed by atoms with Gasteiger partial charge in [0.05, 0.1) is 41.9 Å². The zero-order chi connectivity index (χ0) is 47.3. The number of ether oxygens (including phenoxy) is 3. The number of rotatable bonds is 9. The number of carbonyl (C=O) groups is 1. The number of carbonyl (C=O) groups excluding carboxylic acids is 1. The molecule has 0 radical (unpaired) electrons. The third-order valence-corrected chi connectivity index (χ3v) is 11.5. The first-order valence-corrected chi connectivity index (χ1v) is 23.5. The molecule has 8 rings (SSSR count). The van der Waals surface area contributed by atoms with E-state index >= 15 is 0 Å². The standard InChI is InChI=1S/C20H21BrN4O3.C12H18N2O4S.C9H7BrN2O2.CH2O3.2Cs.H/c1-12-22-8-7-18(24-12)28-15-5-3-14(4-6-15)27-17-10-13(21)9-16-20(17)25(2)19(26)11-23-16;1-9-13-8-7-12(14-9)17-10-3-5-11(6-4-10)18-19(2,15)16;1-12-8(14)4-11-6-2-5(10)3-7(13)9(6)12;2-1-4-3;;;/h7-11,14-15H,3-6H2,1-2H3;7-8,10-11H,3-6H2,1-2H3;2-4,13H,1H3;1,3H;;;/q;;;;2*+1;-1/p-1. The molecule has 1 N–H and O–H groups in total. The molecule has 4 aromatic heterocycles. The van der Waals surface area contributed by atoms with E-state index in [1.54, 1.807) is 49.3 Å². The Bertz CT molecular complexity index is 2820. The molecule has 4 heterocycles. The van der Waals surface area contributed by atoms with Crippen LogP contribution in [0, 0.1) is 13.8 Å². The third-order valence-electron chi connectivity index (χ3n) is 9.98. The van der Waals surface area contributed by atoms with Crippen LogP contribution in [0.4, 0.5) is 0 Å². The molecule has 67 heavy (non-hydrogen) atoms. The second kappa shape index (κ2) is 29.1. The predicted molar refractivity (Wildman–Crippen MR) is 243 cm³/mol. The summed E-state index contributed by atoms with van der Waals surface area (Å²) in [7, 11) is -0.0323. The second-order valence-electron chi connectivity index (χ2n) is 14.9. The maximum absolute atomic E-state index is 12.0. The van der Waals surface area contributed by atoms with Gasteiger partial charge in [-0.05, 0) is 89.5 Å². The van der Waals surface area contributed by atoms with Gasteiger partial charge in [0.25, 0.3) is 27.7 Å². The van der Waals surface area contributed by atoms with Crippen molar-refractivity contribution in [3.05, 3.63) is 102 Å². The molecular formula is C42H48Br2Cs2N8O12S. The summed E-state index contributed by atoms with van der Waals surface area (Å²) in [5.41, 5.74) is 2.07. The number of aryl methyl sites for hydroxylation is 4. The van der Waals surface area contributed by atoms with Crippen molar-refractivity contribution in [3.63, 3.8) is 0 Å². The average Bonchev–Trinajstić information content (AvgIpc) is 3.25. The van der Waals surface area contributed by atoms with Gasteiger partial charge in [-0.15, -0.1) is 0 Å². The Morgan fingerprint density at radius 1 is 0.701 bits per heavy atom. The van der Waals surface area contributed by atoms with E-state index < -0.39 is 10.1 Å². The molecule has 0 spiro atoms. The van der Waals surface area contributed by atoms with Gasteiger partial charge in [0.15, 0.2) is 0 Å². The number of phenols is 1. The molecular weight excluding hydrogens is 1270 g/mol. The normalized spacial score (nSPS) is 17.6. The van der Waals surface area contributed by atoms with Crippen LogP contribution in [0.15, 0.2) is 79.7 Å². The Hall–Kier alpha value is -1.52. The van der Waals surface area contributed by atoms with Crippen LogP contribution in [0.5, 0.6) is 23.3 Å². The van der Waals surface area contributed by atoms with Gasteiger partial charge in [-0.25, -0.2) is 19.9 Å². The summed E-state index contributed by atoms with van der Waals surface area (Å²) in [6.07, 6.45) is 13.5. The number of halogens is 2. The summed E-state index contributed by atoms with van der Waals surface area (Å²) in [6.45, 7) is 3.48. The molecule has 350 valence electrons. The van der Waals surface area contributed by atoms with Gasteiger partial charge in [0.1, 0.15) is 46.4 Å². The number of aromatic hydroxyl groups is 1. The molecule has 0 bridgehead atoms. The van der Waals surface area contributed by atoms with Gasteiger partial charge in [0, 0.05) is 47.6 Å². The summed E-state index contributed by atoms with van der Waals surface area (Å²) in [4.78, 5) is 59.3. The van der Waals surface area contributed by atoms with Crippen LogP contribution in [0.1, 0.15) is 64.4 Å². The maximum Gasteiger partial charge on any atom is 1.00 e. The topological polar surface area (TPSA) is 262 Å². The number of hydrogen-bond donors (Lipinski definition) is 1. The van der Waals surface area contributed by atoms with Crippen LogP contribution in [0.2, 0.25) is 0 Å². The molecule has 2 aliphatic rings. The molecule has 0 amide bonds.